The van der Waals surface area contributed by atoms with Crippen LogP contribution in [0.5, 0.6) is 0 Å². The highest BCUT2D eigenvalue weighted by molar-refractivity contribution is 4.87. The second-order valence-electron chi connectivity index (χ2n) is 4.89. The topological polar surface area (TPSA) is 12.0 Å². The molecule has 0 heterocycles. The Morgan fingerprint density at radius 3 is 2.31 bits per heavy atom. The first-order chi connectivity index (χ1) is 6.42. The highest BCUT2D eigenvalue weighted by Crippen LogP contribution is 2.39. The van der Waals surface area contributed by atoms with E-state index in [1.54, 1.807) is 0 Å². The Bertz CT molecular complexity index is 149. The molecule has 2 unspecified atom stereocenters. The largest absolute Gasteiger partial charge is 0.317 e. The molecule has 0 bridgehead atoms. The van der Waals surface area contributed by atoms with E-state index in [1.807, 2.05) is 0 Å². The van der Waals surface area contributed by atoms with Crippen LogP contribution in [0.3, 0.4) is 0 Å². The van der Waals surface area contributed by atoms with E-state index >= 15 is 0 Å². The number of hydrogen-bond donors (Lipinski definition) is 1. The lowest BCUT2D eigenvalue weighted by Gasteiger charge is -2.31. The third kappa shape index (κ3) is 2.07. The van der Waals surface area contributed by atoms with Gasteiger partial charge in [0.25, 0.3) is 0 Å². The fraction of sp³-hybridized carbons (Fsp3) is 1.00. The molecular formula is C12H23N. The van der Waals surface area contributed by atoms with Gasteiger partial charge >= 0.3 is 0 Å². The zero-order valence-electron chi connectivity index (χ0n) is 8.89. The summed E-state index contributed by atoms with van der Waals surface area (Å²) in [6, 6.07) is 0.850. The molecule has 2 atom stereocenters. The maximum absolute atomic E-state index is 3.51. The maximum Gasteiger partial charge on any atom is 0.00949 e. The number of nitrogens with one attached hydrogen (secondary N) is 1. The first-order valence-electron chi connectivity index (χ1n) is 6.09. The summed E-state index contributed by atoms with van der Waals surface area (Å²) in [4.78, 5) is 0. The predicted molar refractivity (Wildman–Crippen MR) is 56.8 cm³/mol. The smallest absolute Gasteiger partial charge is 0.00949 e. The van der Waals surface area contributed by atoms with Gasteiger partial charge < -0.3 is 5.32 Å². The molecule has 2 fully saturated rings. The molecule has 0 aromatic heterocycles. The summed E-state index contributed by atoms with van der Waals surface area (Å²) in [5.41, 5.74) is 0. The quantitative estimate of drug-likeness (QED) is 0.690. The van der Waals surface area contributed by atoms with Gasteiger partial charge in [0.05, 0.1) is 0 Å². The van der Waals surface area contributed by atoms with Gasteiger partial charge in [-0.05, 0) is 31.7 Å². The number of hydrogen-bond acceptors (Lipinski definition) is 1. The summed E-state index contributed by atoms with van der Waals surface area (Å²) in [5, 5.41) is 3.51. The van der Waals surface area contributed by atoms with Crippen LogP contribution in [-0.2, 0) is 0 Å². The van der Waals surface area contributed by atoms with Crippen LogP contribution >= 0.6 is 0 Å². The van der Waals surface area contributed by atoms with Crippen LogP contribution in [0.15, 0.2) is 0 Å². The van der Waals surface area contributed by atoms with Crippen molar-refractivity contribution in [1.82, 2.24) is 5.32 Å². The van der Waals surface area contributed by atoms with Gasteiger partial charge in [0, 0.05) is 6.04 Å². The minimum absolute atomic E-state index is 0.850. The summed E-state index contributed by atoms with van der Waals surface area (Å²) < 4.78 is 0. The van der Waals surface area contributed by atoms with Crippen molar-refractivity contribution in [3.63, 3.8) is 0 Å². The second kappa shape index (κ2) is 4.45. The van der Waals surface area contributed by atoms with Crippen LogP contribution in [-0.4, -0.2) is 13.1 Å². The highest BCUT2D eigenvalue weighted by Gasteiger charge is 2.32. The van der Waals surface area contributed by atoms with Gasteiger partial charge in [-0.3, -0.25) is 0 Å². The monoisotopic (exact) mass is 181 g/mol. The molecule has 1 heteroatoms. The average molecular weight is 181 g/mol. The molecule has 1 N–H and O–H groups in total. The lowest BCUT2D eigenvalue weighted by molar-refractivity contribution is 0.221. The van der Waals surface area contributed by atoms with Gasteiger partial charge in [0.1, 0.15) is 0 Å². The Balaban J connectivity index is 1.90. The Labute approximate surface area is 82.3 Å². The molecule has 76 valence electrons. The number of rotatable bonds is 2. The van der Waals surface area contributed by atoms with E-state index in [2.05, 4.69) is 12.4 Å². The average Bonchev–Trinajstić information content (AvgIpc) is 2.67. The molecule has 0 aromatic rings. The molecule has 2 aliphatic carbocycles. The van der Waals surface area contributed by atoms with Gasteiger partial charge in [-0.1, -0.05) is 38.5 Å². The first kappa shape index (κ1) is 9.51. The van der Waals surface area contributed by atoms with Crippen LogP contribution in [0.25, 0.3) is 0 Å². The Kier molecular flexibility index (Phi) is 3.26. The van der Waals surface area contributed by atoms with Crippen molar-refractivity contribution in [2.75, 3.05) is 7.05 Å². The highest BCUT2D eigenvalue weighted by atomic mass is 14.9. The normalized spacial score (nSPS) is 36.7. The molecule has 13 heavy (non-hydrogen) atoms. The van der Waals surface area contributed by atoms with Gasteiger partial charge in [-0.2, -0.15) is 0 Å². The zero-order valence-corrected chi connectivity index (χ0v) is 8.89. The van der Waals surface area contributed by atoms with Gasteiger partial charge in [0.15, 0.2) is 0 Å². The second-order valence-corrected chi connectivity index (χ2v) is 4.89. The van der Waals surface area contributed by atoms with Crippen LogP contribution in [0.1, 0.15) is 51.4 Å². The molecule has 1 nitrogen and oxygen atoms in total. The maximum atomic E-state index is 3.51. The third-order valence-corrected chi connectivity index (χ3v) is 4.20. The van der Waals surface area contributed by atoms with Crippen molar-refractivity contribution < 1.29 is 0 Å². The van der Waals surface area contributed by atoms with Crippen molar-refractivity contribution in [2.24, 2.45) is 11.8 Å². The fourth-order valence-electron chi connectivity index (χ4n) is 3.47. The van der Waals surface area contributed by atoms with Gasteiger partial charge in [0.2, 0.25) is 0 Å². The van der Waals surface area contributed by atoms with Crippen LogP contribution in [0.4, 0.5) is 0 Å². The molecule has 0 aromatic carbocycles. The summed E-state index contributed by atoms with van der Waals surface area (Å²) in [6.07, 6.45) is 11.9. The van der Waals surface area contributed by atoms with E-state index < -0.39 is 0 Å². The summed E-state index contributed by atoms with van der Waals surface area (Å²) >= 11 is 0. The molecule has 2 aliphatic rings. The Morgan fingerprint density at radius 1 is 0.846 bits per heavy atom. The molecule has 0 spiro atoms. The molecule has 0 saturated heterocycles. The zero-order chi connectivity index (χ0) is 9.10. The third-order valence-electron chi connectivity index (χ3n) is 4.20. The van der Waals surface area contributed by atoms with Gasteiger partial charge in [-0.15, -0.1) is 0 Å². The summed E-state index contributed by atoms with van der Waals surface area (Å²) in [6.45, 7) is 0. The van der Waals surface area contributed by atoms with E-state index in [4.69, 9.17) is 0 Å². The molecule has 0 aliphatic heterocycles. The SMILES string of the molecule is CNC1CCCC1C1CCCCC1. The van der Waals surface area contributed by atoms with Gasteiger partial charge in [-0.25, -0.2) is 0 Å². The Hall–Kier alpha value is -0.0400. The van der Waals surface area contributed by atoms with Crippen LogP contribution in [0.2, 0.25) is 0 Å². The summed E-state index contributed by atoms with van der Waals surface area (Å²) in [5.74, 6) is 2.08. The fourth-order valence-corrected chi connectivity index (χ4v) is 3.47. The van der Waals surface area contributed by atoms with E-state index in [0.29, 0.717) is 0 Å². The standard InChI is InChI=1S/C12H23N/c1-13-12-9-5-8-11(12)10-6-3-2-4-7-10/h10-13H,2-9H2,1H3. The lowest BCUT2D eigenvalue weighted by Crippen LogP contribution is -2.34. The summed E-state index contributed by atoms with van der Waals surface area (Å²) in [7, 11) is 2.14. The van der Waals surface area contributed by atoms with Crippen molar-refractivity contribution in [2.45, 2.75) is 57.4 Å². The van der Waals surface area contributed by atoms with Crippen molar-refractivity contribution in [3.05, 3.63) is 0 Å². The Morgan fingerprint density at radius 2 is 1.62 bits per heavy atom. The lowest BCUT2D eigenvalue weighted by atomic mass is 9.78. The molecule has 0 radical (unpaired) electrons. The van der Waals surface area contributed by atoms with Crippen LogP contribution in [0, 0.1) is 11.8 Å². The molecular weight excluding hydrogens is 158 g/mol. The van der Waals surface area contributed by atoms with E-state index in [-0.39, 0.29) is 0 Å². The molecule has 2 saturated carbocycles. The van der Waals surface area contributed by atoms with Crippen molar-refractivity contribution in [1.29, 1.82) is 0 Å². The first-order valence-corrected chi connectivity index (χ1v) is 6.09. The minimum Gasteiger partial charge on any atom is -0.317 e. The predicted octanol–water partition coefficient (Wildman–Crippen LogP) is 2.95. The van der Waals surface area contributed by atoms with E-state index in [0.717, 1.165) is 17.9 Å². The van der Waals surface area contributed by atoms with Crippen molar-refractivity contribution in [3.8, 4) is 0 Å². The minimum atomic E-state index is 0.850. The van der Waals surface area contributed by atoms with E-state index in [1.165, 1.54) is 51.4 Å². The van der Waals surface area contributed by atoms with Crippen molar-refractivity contribution >= 4 is 0 Å². The molecule has 2 rings (SSSR count). The van der Waals surface area contributed by atoms with E-state index in [9.17, 15) is 0 Å². The van der Waals surface area contributed by atoms with Crippen LogP contribution < -0.4 is 5.32 Å². The molecule has 0 amide bonds.